The van der Waals surface area contributed by atoms with Gasteiger partial charge in [-0.15, -0.1) is 0 Å². The standard InChI is InChI=1S/C53H94O5/c1-4-7-10-13-16-18-20-22-24-26-27-29-30-32-34-36-38-40-43-46-52(54)57-50-51(49-56-48-45-42-15-12-9-6-3)58-53(55)47-44-41-39-37-35-33-31-28-25-23-21-19-17-14-11-8-5-2/h8,11,16-19,22-25,51H,4-7,9-10,12-15,20-21,26-50H2,1-3H3/b11-8-,18-16-,19-17-,24-22-,25-23-. The number of hydrogen-bond acceptors (Lipinski definition) is 5. The topological polar surface area (TPSA) is 61.8 Å². The van der Waals surface area contributed by atoms with Gasteiger partial charge in [0, 0.05) is 19.4 Å². The largest absolute Gasteiger partial charge is 0.462 e. The smallest absolute Gasteiger partial charge is 0.306 e. The van der Waals surface area contributed by atoms with Crippen LogP contribution in [0.4, 0.5) is 0 Å². The summed E-state index contributed by atoms with van der Waals surface area (Å²) in [5.41, 5.74) is 0. The van der Waals surface area contributed by atoms with Crippen molar-refractivity contribution in [3.05, 3.63) is 60.8 Å². The van der Waals surface area contributed by atoms with E-state index in [1.807, 2.05) is 0 Å². The van der Waals surface area contributed by atoms with E-state index in [1.165, 1.54) is 128 Å². The Kier molecular flexibility index (Phi) is 46.9. The number of ether oxygens (including phenoxy) is 3. The van der Waals surface area contributed by atoms with Crippen LogP contribution >= 0.6 is 0 Å². The Balaban J connectivity index is 4.09. The third-order valence-electron chi connectivity index (χ3n) is 10.5. The van der Waals surface area contributed by atoms with Gasteiger partial charge in [0.2, 0.25) is 0 Å². The minimum Gasteiger partial charge on any atom is -0.462 e. The van der Waals surface area contributed by atoms with E-state index >= 15 is 0 Å². The van der Waals surface area contributed by atoms with Crippen LogP contribution in [-0.4, -0.2) is 37.9 Å². The molecule has 5 heteroatoms. The van der Waals surface area contributed by atoms with Gasteiger partial charge in [-0.25, -0.2) is 0 Å². The first-order chi connectivity index (χ1) is 28.6. The zero-order valence-corrected chi connectivity index (χ0v) is 38.6. The van der Waals surface area contributed by atoms with Gasteiger partial charge in [-0.1, -0.05) is 204 Å². The van der Waals surface area contributed by atoms with Gasteiger partial charge < -0.3 is 14.2 Å². The third-order valence-corrected chi connectivity index (χ3v) is 10.5. The first-order valence-electron chi connectivity index (χ1n) is 24.8. The van der Waals surface area contributed by atoms with Crippen molar-refractivity contribution in [1.82, 2.24) is 0 Å². The van der Waals surface area contributed by atoms with Crippen molar-refractivity contribution in [2.24, 2.45) is 0 Å². The molecule has 0 aromatic rings. The summed E-state index contributed by atoms with van der Waals surface area (Å²) in [6.07, 6.45) is 60.9. The number of carbonyl (C=O) groups is 2. The van der Waals surface area contributed by atoms with E-state index < -0.39 is 6.10 Å². The fourth-order valence-electron chi connectivity index (χ4n) is 6.85. The van der Waals surface area contributed by atoms with Gasteiger partial charge >= 0.3 is 11.9 Å². The molecule has 5 nitrogen and oxygen atoms in total. The lowest BCUT2D eigenvalue weighted by Crippen LogP contribution is -2.30. The molecule has 0 aliphatic heterocycles. The van der Waals surface area contributed by atoms with Crippen LogP contribution in [-0.2, 0) is 23.8 Å². The van der Waals surface area contributed by atoms with E-state index in [-0.39, 0.29) is 25.2 Å². The van der Waals surface area contributed by atoms with Crippen molar-refractivity contribution in [2.45, 2.75) is 245 Å². The monoisotopic (exact) mass is 811 g/mol. The normalized spacial score (nSPS) is 12.7. The highest BCUT2D eigenvalue weighted by Crippen LogP contribution is 2.14. The average molecular weight is 811 g/mol. The molecule has 0 aromatic heterocycles. The molecule has 0 radical (unpaired) electrons. The van der Waals surface area contributed by atoms with Gasteiger partial charge in [-0.05, 0) is 83.5 Å². The third kappa shape index (κ3) is 46.3. The second-order valence-electron chi connectivity index (χ2n) is 16.3. The van der Waals surface area contributed by atoms with E-state index in [0.717, 1.165) is 77.0 Å². The van der Waals surface area contributed by atoms with Crippen molar-refractivity contribution in [3.8, 4) is 0 Å². The molecular weight excluding hydrogens is 717 g/mol. The fourth-order valence-corrected chi connectivity index (χ4v) is 6.85. The Morgan fingerprint density at radius 2 is 0.776 bits per heavy atom. The highest BCUT2D eigenvalue weighted by atomic mass is 16.6. The number of rotatable bonds is 45. The molecule has 0 N–H and O–H groups in total. The van der Waals surface area contributed by atoms with Crippen LogP contribution in [0, 0.1) is 0 Å². The molecule has 1 unspecified atom stereocenters. The quantitative estimate of drug-likeness (QED) is 0.0348. The molecule has 0 aliphatic rings. The highest BCUT2D eigenvalue weighted by Gasteiger charge is 2.17. The molecule has 0 fully saturated rings. The summed E-state index contributed by atoms with van der Waals surface area (Å²) < 4.78 is 17.3. The molecule has 0 saturated carbocycles. The van der Waals surface area contributed by atoms with Crippen molar-refractivity contribution < 1.29 is 23.8 Å². The first-order valence-corrected chi connectivity index (χ1v) is 24.8. The summed E-state index contributed by atoms with van der Waals surface area (Å²) >= 11 is 0. The van der Waals surface area contributed by atoms with Crippen LogP contribution in [0.5, 0.6) is 0 Å². The van der Waals surface area contributed by atoms with E-state index in [9.17, 15) is 9.59 Å². The predicted molar refractivity (Wildman–Crippen MR) is 251 cm³/mol. The van der Waals surface area contributed by atoms with Gasteiger partial charge in [0.15, 0.2) is 6.10 Å². The molecule has 0 bridgehead atoms. The maximum absolute atomic E-state index is 12.7. The number of carbonyl (C=O) groups excluding carboxylic acids is 2. The Labute approximate surface area is 360 Å². The number of allylic oxidation sites excluding steroid dienone is 10. The lowest BCUT2D eigenvalue weighted by Gasteiger charge is -2.18. The average Bonchev–Trinajstić information content (AvgIpc) is 3.22. The summed E-state index contributed by atoms with van der Waals surface area (Å²) in [4.78, 5) is 25.3. The molecule has 58 heavy (non-hydrogen) atoms. The summed E-state index contributed by atoms with van der Waals surface area (Å²) in [6.45, 7) is 7.65. The van der Waals surface area contributed by atoms with Crippen LogP contribution < -0.4 is 0 Å². The van der Waals surface area contributed by atoms with E-state index in [4.69, 9.17) is 14.2 Å². The molecule has 0 heterocycles. The van der Waals surface area contributed by atoms with E-state index in [1.54, 1.807) is 0 Å². The summed E-state index contributed by atoms with van der Waals surface area (Å²) in [7, 11) is 0. The molecule has 1 atom stereocenters. The molecule has 336 valence electrons. The Bertz CT molecular complexity index is 1010. The maximum atomic E-state index is 12.7. The Morgan fingerprint density at radius 3 is 1.28 bits per heavy atom. The van der Waals surface area contributed by atoms with Crippen LogP contribution in [0.1, 0.15) is 239 Å². The van der Waals surface area contributed by atoms with Crippen molar-refractivity contribution in [1.29, 1.82) is 0 Å². The number of esters is 2. The maximum Gasteiger partial charge on any atom is 0.306 e. The molecule has 0 rings (SSSR count). The second-order valence-corrected chi connectivity index (χ2v) is 16.3. The molecule has 0 aliphatic carbocycles. The van der Waals surface area contributed by atoms with Crippen molar-refractivity contribution in [2.75, 3.05) is 19.8 Å². The number of hydrogen-bond donors (Lipinski definition) is 0. The lowest BCUT2D eigenvalue weighted by atomic mass is 10.1. The van der Waals surface area contributed by atoms with Crippen LogP contribution in [0.2, 0.25) is 0 Å². The fraction of sp³-hybridized carbons (Fsp3) is 0.774. The van der Waals surface area contributed by atoms with Crippen LogP contribution in [0.25, 0.3) is 0 Å². The van der Waals surface area contributed by atoms with Crippen molar-refractivity contribution in [3.63, 3.8) is 0 Å². The minimum absolute atomic E-state index is 0.0789. The molecular formula is C53H94O5. The second kappa shape index (κ2) is 49.0. The van der Waals surface area contributed by atoms with Crippen LogP contribution in [0.15, 0.2) is 60.8 Å². The van der Waals surface area contributed by atoms with Gasteiger partial charge in [0.05, 0.1) is 6.61 Å². The molecule has 0 saturated heterocycles. The SMILES string of the molecule is CC/C=C\C/C=C\C/C=C\CCCCCCCCCC(=O)OC(COCCCCCCCC)COC(=O)CCCCCCCCCCC/C=C\C/C=C\CCCCC. The molecule has 0 spiro atoms. The summed E-state index contributed by atoms with van der Waals surface area (Å²) in [5, 5.41) is 0. The van der Waals surface area contributed by atoms with Gasteiger partial charge in [-0.2, -0.15) is 0 Å². The minimum atomic E-state index is -0.539. The van der Waals surface area contributed by atoms with Crippen molar-refractivity contribution >= 4 is 11.9 Å². The van der Waals surface area contributed by atoms with Crippen LogP contribution in [0.3, 0.4) is 0 Å². The number of unbranched alkanes of at least 4 members (excludes halogenated alkanes) is 24. The highest BCUT2D eigenvalue weighted by molar-refractivity contribution is 5.70. The predicted octanol–water partition coefficient (Wildman–Crippen LogP) is 16.6. The van der Waals surface area contributed by atoms with Gasteiger partial charge in [0.1, 0.15) is 6.61 Å². The van der Waals surface area contributed by atoms with Gasteiger partial charge in [0.25, 0.3) is 0 Å². The first kappa shape index (κ1) is 55.6. The lowest BCUT2D eigenvalue weighted by molar-refractivity contribution is -0.163. The van der Waals surface area contributed by atoms with E-state index in [2.05, 4.69) is 81.5 Å². The zero-order chi connectivity index (χ0) is 42.1. The van der Waals surface area contributed by atoms with Gasteiger partial charge in [-0.3, -0.25) is 9.59 Å². The summed E-state index contributed by atoms with van der Waals surface area (Å²) in [5.74, 6) is -0.412. The van der Waals surface area contributed by atoms with E-state index in [0.29, 0.717) is 19.4 Å². The Morgan fingerprint density at radius 1 is 0.397 bits per heavy atom. The zero-order valence-electron chi connectivity index (χ0n) is 38.6. The summed E-state index contributed by atoms with van der Waals surface area (Å²) in [6, 6.07) is 0. The Hall–Kier alpha value is -2.40. The molecule has 0 aromatic carbocycles. The molecule has 0 amide bonds.